The van der Waals surface area contributed by atoms with Crippen LogP contribution in [0.4, 0.5) is 18.9 Å². The molecule has 1 unspecified atom stereocenters. The zero-order valence-corrected chi connectivity index (χ0v) is 11.6. The zero-order valence-electron chi connectivity index (χ0n) is 9.97. The molecule has 1 saturated heterocycles. The molecule has 1 fully saturated rings. The lowest BCUT2D eigenvalue weighted by Gasteiger charge is -2.23. The van der Waals surface area contributed by atoms with Crippen molar-refractivity contribution in [2.45, 2.75) is 18.7 Å². The predicted molar refractivity (Wildman–Crippen MR) is 67.9 cm³/mol. The lowest BCUT2D eigenvalue weighted by Crippen LogP contribution is -2.30. The zero-order chi connectivity index (χ0) is 13.9. The van der Waals surface area contributed by atoms with Crippen LogP contribution in [0.15, 0.2) is 22.7 Å². The third-order valence-electron chi connectivity index (χ3n) is 2.78. The fraction of sp³-hybridized carbons (Fsp3) is 0.500. The molecule has 106 valence electrons. The van der Waals surface area contributed by atoms with Crippen molar-refractivity contribution >= 4 is 21.6 Å². The Labute approximate surface area is 117 Å². The summed E-state index contributed by atoms with van der Waals surface area (Å²) in [6.45, 7) is 1.31. The largest absolute Gasteiger partial charge is 0.417 e. The molecule has 19 heavy (non-hydrogen) atoms. The van der Waals surface area contributed by atoms with Crippen molar-refractivity contribution in [1.29, 1.82) is 0 Å². The molecule has 0 aromatic heterocycles. The van der Waals surface area contributed by atoms with Gasteiger partial charge in [0, 0.05) is 16.7 Å². The summed E-state index contributed by atoms with van der Waals surface area (Å²) in [4.78, 5) is 0. The fourth-order valence-corrected chi connectivity index (χ4v) is 2.22. The number of hydrogen-bond donors (Lipinski definition) is 1. The smallest absolute Gasteiger partial charge is 0.382 e. The second kappa shape index (κ2) is 6.11. The van der Waals surface area contributed by atoms with Crippen molar-refractivity contribution in [3.8, 4) is 0 Å². The first-order chi connectivity index (χ1) is 8.97. The quantitative estimate of drug-likeness (QED) is 0.911. The molecule has 1 aliphatic heterocycles. The van der Waals surface area contributed by atoms with Crippen LogP contribution in [0.25, 0.3) is 0 Å². The van der Waals surface area contributed by atoms with Crippen LogP contribution in [0.3, 0.4) is 0 Å². The van der Waals surface area contributed by atoms with Crippen LogP contribution in [-0.2, 0) is 15.7 Å². The molecule has 0 amide bonds. The van der Waals surface area contributed by atoms with E-state index in [2.05, 4.69) is 21.2 Å². The molecule has 0 aliphatic carbocycles. The fourth-order valence-electron chi connectivity index (χ4n) is 1.75. The van der Waals surface area contributed by atoms with Crippen LogP contribution < -0.4 is 5.32 Å². The third kappa shape index (κ3) is 4.09. The van der Waals surface area contributed by atoms with E-state index in [9.17, 15) is 13.2 Å². The molecule has 0 radical (unpaired) electrons. The standard InChI is InChI=1S/C12H13BrF3NO2/c13-11-2-1-8(5-10(11)12(14,15)16)17-6-9-3-4-18-7-19-9/h1-2,5,9,17H,3-4,6-7H2. The van der Waals surface area contributed by atoms with Gasteiger partial charge in [-0.25, -0.2) is 0 Å². The molecule has 7 heteroatoms. The summed E-state index contributed by atoms with van der Waals surface area (Å²) in [5, 5.41) is 2.95. The Kier molecular flexibility index (Phi) is 4.70. The highest BCUT2D eigenvalue weighted by atomic mass is 79.9. The second-order valence-corrected chi connectivity index (χ2v) is 5.03. The first-order valence-electron chi connectivity index (χ1n) is 5.77. The van der Waals surface area contributed by atoms with E-state index in [1.165, 1.54) is 6.07 Å². The second-order valence-electron chi connectivity index (χ2n) is 4.18. The van der Waals surface area contributed by atoms with E-state index < -0.39 is 11.7 Å². The van der Waals surface area contributed by atoms with Gasteiger partial charge in [-0.05, 0) is 24.6 Å². The van der Waals surface area contributed by atoms with E-state index >= 15 is 0 Å². The van der Waals surface area contributed by atoms with Gasteiger partial charge in [0.15, 0.2) is 0 Å². The highest BCUT2D eigenvalue weighted by Gasteiger charge is 2.33. The van der Waals surface area contributed by atoms with Crippen molar-refractivity contribution in [3.05, 3.63) is 28.2 Å². The van der Waals surface area contributed by atoms with Gasteiger partial charge in [-0.15, -0.1) is 0 Å². The van der Waals surface area contributed by atoms with Crippen LogP contribution in [0, 0.1) is 0 Å². The average molecular weight is 340 g/mol. The Balaban J connectivity index is 2.00. The first kappa shape index (κ1) is 14.6. The van der Waals surface area contributed by atoms with Crippen molar-refractivity contribution < 1.29 is 22.6 Å². The molecule has 1 atom stereocenters. The van der Waals surface area contributed by atoms with Gasteiger partial charge in [0.05, 0.1) is 18.3 Å². The number of halogens is 4. The maximum Gasteiger partial charge on any atom is 0.417 e. The molecule has 1 heterocycles. The maximum absolute atomic E-state index is 12.7. The Bertz CT molecular complexity index is 433. The Hall–Kier alpha value is -0.790. The SMILES string of the molecule is FC(F)(F)c1cc(NCC2CCOCO2)ccc1Br. The van der Waals surface area contributed by atoms with Crippen LogP contribution in [0.5, 0.6) is 0 Å². The van der Waals surface area contributed by atoms with Gasteiger partial charge in [0.2, 0.25) is 0 Å². The Morgan fingerprint density at radius 2 is 2.16 bits per heavy atom. The molecule has 1 aliphatic rings. The van der Waals surface area contributed by atoms with E-state index in [1.807, 2.05) is 0 Å². The summed E-state index contributed by atoms with van der Waals surface area (Å²) in [6, 6.07) is 4.07. The van der Waals surface area contributed by atoms with Gasteiger partial charge in [0.25, 0.3) is 0 Å². The molecule has 1 N–H and O–H groups in total. The van der Waals surface area contributed by atoms with Gasteiger partial charge in [-0.2, -0.15) is 13.2 Å². The van der Waals surface area contributed by atoms with E-state index in [4.69, 9.17) is 9.47 Å². The highest BCUT2D eigenvalue weighted by molar-refractivity contribution is 9.10. The van der Waals surface area contributed by atoms with Crippen LogP contribution >= 0.6 is 15.9 Å². The molecule has 2 rings (SSSR count). The minimum absolute atomic E-state index is 0.0351. The summed E-state index contributed by atoms with van der Waals surface area (Å²) in [6.07, 6.45) is -3.67. The summed E-state index contributed by atoms with van der Waals surface area (Å²) in [5.74, 6) is 0. The van der Waals surface area contributed by atoms with E-state index in [-0.39, 0.29) is 17.4 Å². The molecule has 0 spiro atoms. The van der Waals surface area contributed by atoms with Crippen LogP contribution in [0.2, 0.25) is 0 Å². The van der Waals surface area contributed by atoms with Crippen LogP contribution in [0.1, 0.15) is 12.0 Å². The van der Waals surface area contributed by atoms with Gasteiger partial charge in [0.1, 0.15) is 6.79 Å². The predicted octanol–water partition coefficient (Wildman–Crippen LogP) is 3.64. The lowest BCUT2D eigenvalue weighted by atomic mass is 10.2. The summed E-state index contributed by atoms with van der Waals surface area (Å²) in [5.41, 5.74) is -0.268. The van der Waals surface area contributed by atoms with Gasteiger partial charge < -0.3 is 14.8 Å². The molecular weight excluding hydrogens is 327 g/mol. The number of rotatable bonds is 3. The Morgan fingerprint density at radius 3 is 2.79 bits per heavy atom. The molecular formula is C12H13BrF3NO2. The topological polar surface area (TPSA) is 30.5 Å². The Morgan fingerprint density at radius 1 is 1.37 bits per heavy atom. The summed E-state index contributed by atoms with van der Waals surface area (Å²) >= 11 is 2.90. The molecule has 3 nitrogen and oxygen atoms in total. The van der Waals surface area contributed by atoms with Crippen molar-refractivity contribution in [3.63, 3.8) is 0 Å². The number of ether oxygens (including phenoxy) is 2. The molecule has 1 aromatic carbocycles. The minimum atomic E-state index is -4.37. The number of nitrogens with one attached hydrogen (secondary N) is 1. The van der Waals surface area contributed by atoms with Gasteiger partial charge in [-0.1, -0.05) is 15.9 Å². The number of anilines is 1. The summed E-state index contributed by atoms with van der Waals surface area (Å²) < 4.78 is 48.5. The third-order valence-corrected chi connectivity index (χ3v) is 3.47. The van der Waals surface area contributed by atoms with E-state index in [1.54, 1.807) is 6.07 Å². The number of benzene rings is 1. The van der Waals surface area contributed by atoms with Crippen molar-refractivity contribution in [2.24, 2.45) is 0 Å². The maximum atomic E-state index is 12.7. The number of alkyl halides is 3. The van der Waals surface area contributed by atoms with Gasteiger partial charge in [-0.3, -0.25) is 0 Å². The van der Waals surface area contributed by atoms with Crippen LogP contribution in [-0.4, -0.2) is 26.0 Å². The summed E-state index contributed by atoms with van der Waals surface area (Å²) in [7, 11) is 0. The molecule has 0 bridgehead atoms. The number of hydrogen-bond acceptors (Lipinski definition) is 3. The van der Waals surface area contributed by atoms with Crippen molar-refractivity contribution in [1.82, 2.24) is 0 Å². The lowest BCUT2D eigenvalue weighted by molar-refractivity contribution is -0.138. The molecule has 0 saturated carbocycles. The average Bonchev–Trinajstić information content (AvgIpc) is 2.37. The van der Waals surface area contributed by atoms with Crippen molar-refractivity contribution in [2.75, 3.05) is 25.3 Å². The van der Waals surface area contributed by atoms with E-state index in [0.29, 0.717) is 18.8 Å². The highest BCUT2D eigenvalue weighted by Crippen LogP contribution is 2.36. The molecule has 1 aromatic rings. The minimum Gasteiger partial charge on any atom is -0.382 e. The van der Waals surface area contributed by atoms with Gasteiger partial charge >= 0.3 is 6.18 Å². The normalized spacial score (nSPS) is 20.3. The van der Waals surface area contributed by atoms with E-state index in [0.717, 1.165) is 12.5 Å². The first-order valence-corrected chi connectivity index (χ1v) is 6.56. The monoisotopic (exact) mass is 339 g/mol.